The summed E-state index contributed by atoms with van der Waals surface area (Å²) in [7, 11) is 4.50. The normalized spacial score (nSPS) is 14.7. The SMILES string of the molecule is COc1ccc(-c2c(CN)[nH]c(C(=O)O)c2C(O)C2CC2)c(OC)c1OC. The van der Waals surface area contributed by atoms with Crippen molar-refractivity contribution in [1.82, 2.24) is 4.98 Å². The molecule has 1 aromatic carbocycles. The minimum Gasteiger partial charge on any atom is -0.493 e. The number of nitrogens with one attached hydrogen (secondary N) is 1. The number of hydrogen-bond acceptors (Lipinski definition) is 6. The monoisotopic (exact) mass is 376 g/mol. The van der Waals surface area contributed by atoms with Crippen molar-refractivity contribution >= 4 is 5.97 Å². The van der Waals surface area contributed by atoms with E-state index in [1.807, 2.05) is 0 Å². The second-order valence-electron chi connectivity index (χ2n) is 6.44. The van der Waals surface area contributed by atoms with E-state index in [2.05, 4.69) is 4.98 Å². The molecule has 0 radical (unpaired) electrons. The number of aromatic nitrogens is 1. The highest BCUT2D eigenvalue weighted by Gasteiger charge is 2.38. The minimum absolute atomic E-state index is 0.0365. The summed E-state index contributed by atoms with van der Waals surface area (Å²) in [6.07, 6.45) is 0.804. The smallest absolute Gasteiger partial charge is 0.352 e. The number of aliphatic hydroxyl groups is 1. The first kappa shape index (κ1) is 19.1. The van der Waals surface area contributed by atoms with E-state index < -0.39 is 12.1 Å². The van der Waals surface area contributed by atoms with Crippen LogP contribution in [0.15, 0.2) is 12.1 Å². The van der Waals surface area contributed by atoms with Gasteiger partial charge in [0.25, 0.3) is 0 Å². The number of aliphatic hydroxyl groups excluding tert-OH is 1. The number of aromatic amines is 1. The van der Waals surface area contributed by atoms with Crippen molar-refractivity contribution in [2.45, 2.75) is 25.5 Å². The van der Waals surface area contributed by atoms with Gasteiger partial charge in [0.15, 0.2) is 11.5 Å². The predicted molar refractivity (Wildman–Crippen MR) is 98.4 cm³/mol. The molecule has 0 aliphatic heterocycles. The molecule has 1 aliphatic rings. The van der Waals surface area contributed by atoms with E-state index in [0.717, 1.165) is 12.8 Å². The van der Waals surface area contributed by atoms with E-state index in [0.29, 0.717) is 39.6 Å². The third-order valence-corrected chi connectivity index (χ3v) is 4.87. The Balaban J connectivity index is 2.32. The van der Waals surface area contributed by atoms with Crippen molar-refractivity contribution in [1.29, 1.82) is 0 Å². The van der Waals surface area contributed by atoms with Crippen molar-refractivity contribution in [3.8, 4) is 28.4 Å². The second-order valence-corrected chi connectivity index (χ2v) is 6.44. The first-order valence-corrected chi connectivity index (χ1v) is 8.63. The molecule has 3 rings (SSSR count). The Morgan fingerprint density at radius 3 is 2.37 bits per heavy atom. The molecule has 1 atom stereocenters. The highest BCUT2D eigenvalue weighted by molar-refractivity contribution is 5.93. The van der Waals surface area contributed by atoms with Crippen LogP contribution < -0.4 is 19.9 Å². The van der Waals surface area contributed by atoms with E-state index in [-0.39, 0.29) is 18.2 Å². The van der Waals surface area contributed by atoms with Crippen molar-refractivity contribution < 1.29 is 29.2 Å². The van der Waals surface area contributed by atoms with Crippen LogP contribution in [0.25, 0.3) is 11.1 Å². The van der Waals surface area contributed by atoms with Crippen molar-refractivity contribution in [3.05, 3.63) is 29.1 Å². The summed E-state index contributed by atoms with van der Waals surface area (Å²) in [5.41, 5.74) is 7.77. The fraction of sp³-hybridized carbons (Fsp3) is 0.421. The molecule has 1 aliphatic carbocycles. The first-order valence-electron chi connectivity index (χ1n) is 8.63. The van der Waals surface area contributed by atoms with Crippen LogP contribution in [0, 0.1) is 5.92 Å². The lowest BCUT2D eigenvalue weighted by Crippen LogP contribution is -2.08. The van der Waals surface area contributed by atoms with Crippen molar-refractivity contribution in [2.75, 3.05) is 21.3 Å². The lowest BCUT2D eigenvalue weighted by atomic mass is 9.93. The zero-order valence-electron chi connectivity index (χ0n) is 15.5. The van der Waals surface area contributed by atoms with Gasteiger partial charge < -0.3 is 35.1 Å². The molecule has 1 fully saturated rings. The molecule has 0 spiro atoms. The lowest BCUT2D eigenvalue weighted by Gasteiger charge is -2.19. The van der Waals surface area contributed by atoms with Gasteiger partial charge in [-0.15, -0.1) is 0 Å². The Kier molecular flexibility index (Phi) is 5.29. The third-order valence-electron chi connectivity index (χ3n) is 4.87. The second kappa shape index (κ2) is 7.50. The third kappa shape index (κ3) is 3.22. The molecule has 1 aromatic heterocycles. The number of methoxy groups -OCH3 is 3. The number of nitrogens with two attached hydrogens (primary N) is 1. The zero-order valence-corrected chi connectivity index (χ0v) is 15.5. The number of benzene rings is 1. The van der Waals surface area contributed by atoms with E-state index >= 15 is 0 Å². The van der Waals surface area contributed by atoms with Crippen LogP contribution >= 0.6 is 0 Å². The summed E-state index contributed by atoms with van der Waals surface area (Å²) in [4.78, 5) is 14.7. The topological polar surface area (TPSA) is 127 Å². The Morgan fingerprint density at radius 2 is 1.89 bits per heavy atom. The summed E-state index contributed by atoms with van der Waals surface area (Å²) in [5, 5.41) is 20.5. The van der Waals surface area contributed by atoms with Gasteiger partial charge in [-0.05, 0) is 30.9 Å². The van der Waals surface area contributed by atoms with Crippen molar-refractivity contribution in [3.63, 3.8) is 0 Å². The molecule has 8 heteroatoms. The lowest BCUT2D eigenvalue weighted by molar-refractivity contribution is 0.0681. The minimum atomic E-state index is -1.15. The quantitative estimate of drug-likeness (QED) is 0.557. The molecule has 5 N–H and O–H groups in total. The van der Waals surface area contributed by atoms with Crippen LogP contribution in [0.2, 0.25) is 0 Å². The highest BCUT2D eigenvalue weighted by Crippen LogP contribution is 2.50. The molecule has 0 bridgehead atoms. The van der Waals surface area contributed by atoms with Gasteiger partial charge in [-0.3, -0.25) is 0 Å². The average molecular weight is 376 g/mol. The summed E-state index contributed by atoms with van der Waals surface area (Å²) in [6, 6.07) is 3.45. The predicted octanol–water partition coefficient (Wildman–Crippen LogP) is 2.31. The maximum absolute atomic E-state index is 11.8. The fourth-order valence-corrected chi connectivity index (χ4v) is 3.44. The number of carbonyl (C=O) groups is 1. The zero-order chi connectivity index (χ0) is 19.7. The molecular weight excluding hydrogens is 352 g/mol. The molecule has 27 heavy (non-hydrogen) atoms. The largest absolute Gasteiger partial charge is 0.493 e. The molecule has 1 unspecified atom stereocenters. The molecule has 2 aromatic rings. The number of carboxylic acid groups (broad SMARTS) is 1. The van der Waals surface area contributed by atoms with Gasteiger partial charge in [-0.2, -0.15) is 0 Å². The van der Waals surface area contributed by atoms with Crippen LogP contribution in [0.5, 0.6) is 17.2 Å². The summed E-state index contributed by atoms with van der Waals surface area (Å²) < 4.78 is 16.3. The number of hydrogen-bond donors (Lipinski definition) is 4. The maximum atomic E-state index is 11.8. The van der Waals surface area contributed by atoms with Crippen LogP contribution in [-0.2, 0) is 6.54 Å². The highest BCUT2D eigenvalue weighted by atomic mass is 16.5. The van der Waals surface area contributed by atoms with E-state index in [4.69, 9.17) is 19.9 Å². The molecule has 1 heterocycles. The van der Waals surface area contributed by atoms with E-state index in [1.165, 1.54) is 21.3 Å². The Labute approximate surface area is 156 Å². The van der Waals surface area contributed by atoms with Crippen LogP contribution in [0.4, 0.5) is 0 Å². The van der Waals surface area contributed by atoms with Crippen LogP contribution in [0.3, 0.4) is 0 Å². The first-order chi connectivity index (χ1) is 13.0. The van der Waals surface area contributed by atoms with E-state index in [9.17, 15) is 15.0 Å². The number of carboxylic acids is 1. The standard InChI is InChI=1S/C19H24N2O6/c1-25-12-7-6-10(17(26-2)18(12)27-3)13-11(8-20)21-15(19(23)24)14(13)16(22)9-4-5-9/h6-7,9,16,21-22H,4-5,8,20H2,1-3H3,(H,23,24). The number of ether oxygens (including phenoxy) is 3. The maximum Gasteiger partial charge on any atom is 0.352 e. The van der Waals surface area contributed by atoms with Gasteiger partial charge in [0.1, 0.15) is 5.69 Å². The number of H-pyrrole nitrogens is 1. The van der Waals surface area contributed by atoms with E-state index in [1.54, 1.807) is 12.1 Å². The number of aromatic carboxylic acids is 1. The number of rotatable bonds is 8. The Bertz CT molecular complexity index is 856. The van der Waals surface area contributed by atoms with Crippen LogP contribution in [-0.4, -0.2) is 42.5 Å². The molecule has 8 nitrogen and oxygen atoms in total. The van der Waals surface area contributed by atoms with Crippen LogP contribution in [0.1, 0.15) is 40.7 Å². The summed E-state index contributed by atoms with van der Waals surface area (Å²) in [5.74, 6) is 0.127. The molecular formula is C19H24N2O6. The molecule has 0 amide bonds. The summed E-state index contributed by atoms with van der Waals surface area (Å²) >= 11 is 0. The Hall–Kier alpha value is -2.71. The van der Waals surface area contributed by atoms with Crippen molar-refractivity contribution in [2.24, 2.45) is 11.7 Å². The Morgan fingerprint density at radius 1 is 1.22 bits per heavy atom. The van der Waals surface area contributed by atoms with Gasteiger partial charge in [-0.1, -0.05) is 0 Å². The molecule has 0 saturated heterocycles. The average Bonchev–Trinajstić information content (AvgIpc) is 3.45. The molecule has 1 saturated carbocycles. The van der Waals surface area contributed by atoms with Gasteiger partial charge in [-0.25, -0.2) is 4.79 Å². The van der Waals surface area contributed by atoms with Gasteiger partial charge in [0.2, 0.25) is 5.75 Å². The van der Waals surface area contributed by atoms with Gasteiger partial charge in [0, 0.05) is 28.9 Å². The van der Waals surface area contributed by atoms with Gasteiger partial charge >= 0.3 is 5.97 Å². The fourth-order valence-electron chi connectivity index (χ4n) is 3.44. The van der Waals surface area contributed by atoms with Gasteiger partial charge in [0.05, 0.1) is 27.4 Å². The summed E-state index contributed by atoms with van der Waals surface area (Å²) in [6.45, 7) is 0.0739. The molecule has 146 valence electrons.